The second-order valence-corrected chi connectivity index (χ2v) is 8.34. The molecule has 1 aromatic heterocycles. The van der Waals surface area contributed by atoms with Gasteiger partial charge in [0.15, 0.2) is 0 Å². The SMILES string of the molecule is O=C(NC1CCSC1)c1ccc(S(=O)(=O)NCc2ncc[nH]2)cc1. The summed E-state index contributed by atoms with van der Waals surface area (Å²) in [6.07, 6.45) is 4.15. The van der Waals surface area contributed by atoms with Gasteiger partial charge in [-0.1, -0.05) is 0 Å². The molecule has 0 spiro atoms. The van der Waals surface area contributed by atoms with Gasteiger partial charge in [-0.25, -0.2) is 18.1 Å². The average Bonchev–Trinajstić information content (AvgIpc) is 3.27. The zero-order valence-corrected chi connectivity index (χ0v) is 14.5. The van der Waals surface area contributed by atoms with Crippen molar-refractivity contribution < 1.29 is 13.2 Å². The topological polar surface area (TPSA) is 104 Å². The van der Waals surface area contributed by atoms with Crippen LogP contribution in [0, 0.1) is 0 Å². The summed E-state index contributed by atoms with van der Waals surface area (Å²) in [5, 5.41) is 2.96. The van der Waals surface area contributed by atoms with Crippen molar-refractivity contribution in [2.45, 2.75) is 23.9 Å². The Hall–Kier alpha value is -1.84. The first kappa shape index (κ1) is 17.0. The highest BCUT2D eigenvalue weighted by atomic mass is 32.2. The van der Waals surface area contributed by atoms with E-state index in [1.54, 1.807) is 12.4 Å². The normalized spacial score (nSPS) is 17.8. The van der Waals surface area contributed by atoms with Gasteiger partial charge in [0.25, 0.3) is 5.91 Å². The second kappa shape index (κ2) is 7.37. The number of nitrogens with one attached hydrogen (secondary N) is 3. The molecule has 1 aliphatic rings. The van der Waals surface area contributed by atoms with Gasteiger partial charge in [0, 0.05) is 29.8 Å². The lowest BCUT2D eigenvalue weighted by Gasteiger charge is -2.11. The number of aromatic nitrogens is 2. The van der Waals surface area contributed by atoms with Gasteiger partial charge < -0.3 is 10.3 Å². The van der Waals surface area contributed by atoms with Crippen LogP contribution in [0.1, 0.15) is 22.6 Å². The van der Waals surface area contributed by atoms with Crippen molar-refractivity contribution in [3.63, 3.8) is 0 Å². The lowest BCUT2D eigenvalue weighted by molar-refractivity contribution is 0.0941. The monoisotopic (exact) mass is 366 g/mol. The van der Waals surface area contributed by atoms with Gasteiger partial charge in [-0.2, -0.15) is 11.8 Å². The molecule has 9 heteroatoms. The van der Waals surface area contributed by atoms with Crippen molar-refractivity contribution in [3.8, 4) is 0 Å². The largest absolute Gasteiger partial charge is 0.348 e. The van der Waals surface area contributed by atoms with E-state index in [1.165, 1.54) is 24.3 Å². The fourth-order valence-electron chi connectivity index (χ4n) is 2.34. The van der Waals surface area contributed by atoms with E-state index in [4.69, 9.17) is 0 Å². The third-order valence-electron chi connectivity index (χ3n) is 3.68. The molecule has 1 atom stereocenters. The Kier molecular flexibility index (Phi) is 5.22. The Labute approximate surface area is 144 Å². The number of aromatic amines is 1. The van der Waals surface area contributed by atoms with E-state index >= 15 is 0 Å². The molecule has 0 aliphatic carbocycles. The smallest absolute Gasteiger partial charge is 0.251 e. The molecule has 3 N–H and O–H groups in total. The summed E-state index contributed by atoms with van der Waals surface area (Å²) in [6, 6.07) is 6.12. The van der Waals surface area contributed by atoms with E-state index in [0.717, 1.165) is 17.9 Å². The molecule has 1 amide bonds. The number of thioether (sulfide) groups is 1. The number of carbonyl (C=O) groups excluding carboxylic acids is 1. The fourth-order valence-corrected chi connectivity index (χ4v) is 4.48. The maximum absolute atomic E-state index is 12.2. The molecule has 7 nitrogen and oxygen atoms in total. The molecule has 1 aliphatic heterocycles. The first-order valence-corrected chi connectivity index (χ1v) is 10.1. The van der Waals surface area contributed by atoms with E-state index in [-0.39, 0.29) is 23.4 Å². The van der Waals surface area contributed by atoms with Gasteiger partial charge >= 0.3 is 0 Å². The van der Waals surface area contributed by atoms with Crippen molar-refractivity contribution in [2.75, 3.05) is 11.5 Å². The second-order valence-electron chi connectivity index (χ2n) is 5.42. The predicted octanol–water partition coefficient (Wildman–Crippen LogP) is 1.12. The number of benzene rings is 1. The van der Waals surface area contributed by atoms with Crippen LogP contribution in [0.3, 0.4) is 0 Å². The van der Waals surface area contributed by atoms with Gasteiger partial charge in [-0.15, -0.1) is 0 Å². The highest BCUT2D eigenvalue weighted by Gasteiger charge is 2.19. The molecule has 128 valence electrons. The van der Waals surface area contributed by atoms with E-state index in [0.29, 0.717) is 11.4 Å². The van der Waals surface area contributed by atoms with E-state index < -0.39 is 10.0 Å². The van der Waals surface area contributed by atoms with Crippen LogP contribution in [-0.2, 0) is 16.6 Å². The van der Waals surface area contributed by atoms with Crippen LogP contribution in [0.4, 0.5) is 0 Å². The highest BCUT2D eigenvalue weighted by Crippen LogP contribution is 2.18. The van der Waals surface area contributed by atoms with Gasteiger partial charge in [0.05, 0.1) is 11.4 Å². The lowest BCUT2D eigenvalue weighted by Crippen LogP contribution is -2.34. The van der Waals surface area contributed by atoms with Crippen molar-refractivity contribution in [1.82, 2.24) is 20.0 Å². The number of imidazole rings is 1. The Balaban J connectivity index is 1.63. The minimum absolute atomic E-state index is 0.0803. The van der Waals surface area contributed by atoms with Crippen LogP contribution in [0.25, 0.3) is 0 Å². The number of sulfonamides is 1. The van der Waals surface area contributed by atoms with E-state index in [2.05, 4.69) is 20.0 Å². The first-order valence-electron chi connectivity index (χ1n) is 7.51. The molecule has 1 aromatic carbocycles. The van der Waals surface area contributed by atoms with Crippen LogP contribution in [-0.4, -0.2) is 41.8 Å². The Bertz CT molecular complexity index is 783. The molecule has 1 fully saturated rings. The van der Waals surface area contributed by atoms with E-state index in [9.17, 15) is 13.2 Å². The van der Waals surface area contributed by atoms with Gasteiger partial charge in [-0.3, -0.25) is 4.79 Å². The standard InChI is InChI=1S/C15H18N4O3S2/c20-15(19-12-5-8-23-10-12)11-1-3-13(4-2-11)24(21,22)18-9-14-16-6-7-17-14/h1-4,6-7,12,18H,5,8-10H2,(H,16,17)(H,19,20). The average molecular weight is 366 g/mol. The third-order valence-corrected chi connectivity index (χ3v) is 6.26. The van der Waals surface area contributed by atoms with Gasteiger partial charge in [0.1, 0.15) is 5.82 Å². The molecule has 2 aromatic rings. The molecule has 1 unspecified atom stereocenters. The summed E-state index contributed by atoms with van der Waals surface area (Å²) in [6.45, 7) is 0.0803. The molecule has 3 rings (SSSR count). The molecule has 0 saturated carbocycles. The fraction of sp³-hybridized carbons (Fsp3) is 0.333. The number of nitrogens with zero attached hydrogens (tertiary/aromatic N) is 1. The molecule has 24 heavy (non-hydrogen) atoms. The summed E-state index contributed by atoms with van der Waals surface area (Å²) in [4.78, 5) is 19.0. The zero-order valence-electron chi connectivity index (χ0n) is 12.9. The minimum Gasteiger partial charge on any atom is -0.348 e. The summed E-state index contributed by atoms with van der Waals surface area (Å²) < 4.78 is 26.9. The van der Waals surface area contributed by atoms with Crippen molar-refractivity contribution in [1.29, 1.82) is 0 Å². The molecule has 0 bridgehead atoms. The van der Waals surface area contributed by atoms with Gasteiger partial charge in [0.2, 0.25) is 10.0 Å². The van der Waals surface area contributed by atoms with Crippen LogP contribution in [0.15, 0.2) is 41.6 Å². The lowest BCUT2D eigenvalue weighted by atomic mass is 10.2. The van der Waals surface area contributed by atoms with Gasteiger partial charge in [-0.05, 0) is 36.4 Å². The number of hydrogen-bond acceptors (Lipinski definition) is 5. The molecule has 2 heterocycles. The van der Waals surface area contributed by atoms with E-state index in [1.807, 2.05) is 11.8 Å². The summed E-state index contributed by atoms with van der Waals surface area (Å²) in [5.41, 5.74) is 0.455. The highest BCUT2D eigenvalue weighted by molar-refractivity contribution is 7.99. The number of amides is 1. The maximum Gasteiger partial charge on any atom is 0.251 e. The summed E-state index contributed by atoms with van der Waals surface area (Å²) in [7, 11) is -3.65. The van der Waals surface area contributed by atoms with Crippen molar-refractivity contribution in [2.24, 2.45) is 0 Å². The summed E-state index contributed by atoms with van der Waals surface area (Å²) >= 11 is 1.82. The first-order chi connectivity index (χ1) is 11.5. The van der Waals surface area contributed by atoms with Crippen LogP contribution < -0.4 is 10.0 Å². The van der Waals surface area contributed by atoms with Crippen molar-refractivity contribution >= 4 is 27.7 Å². The van der Waals surface area contributed by atoms with Crippen LogP contribution in [0.5, 0.6) is 0 Å². The van der Waals surface area contributed by atoms with Crippen LogP contribution in [0.2, 0.25) is 0 Å². The number of hydrogen-bond donors (Lipinski definition) is 3. The number of rotatable bonds is 6. The Morgan fingerprint density at radius 3 is 2.75 bits per heavy atom. The maximum atomic E-state index is 12.2. The number of H-pyrrole nitrogens is 1. The quantitative estimate of drug-likeness (QED) is 0.711. The predicted molar refractivity (Wildman–Crippen MR) is 92.3 cm³/mol. The summed E-state index contributed by atoms with van der Waals surface area (Å²) in [5.74, 6) is 2.34. The molecule has 1 saturated heterocycles. The Morgan fingerprint density at radius 1 is 1.33 bits per heavy atom. The number of carbonyl (C=O) groups is 1. The molecular weight excluding hydrogens is 348 g/mol. The van der Waals surface area contributed by atoms with Crippen molar-refractivity contribution in [3.05, 3.63) is 48.0 Å². The molecule has 0 radical (unpaired) electrons. The van der Waals surface area contributed by atoms with Crippen LogP contribution >= 0.6 is 11.8 Å². The zero-order chi connectivity index (χ0) is 17.0. The third kappa shape index (κ3) is 4.16. The Morgan fingerprint density at radius 2 is 2.12 bits per heavy atom. The minimum atomic E-state index is -3.65. The molecular formula is C15H18N4O3S2.